The van der Waals surface area contributed by atoms with Crippen molar-refractivity contribution >= 4 is 17.7 Å². The third kappa shape index (κ3) is 7.05. The Morgan fingerprint density at radius 2 is 1.76 bits per heavy atom. The molecule has 4 nitrogen and oxygen atoms in total. The first-order valence-corrected chi connectivity index (χ1v) is 9.17. The summed E-state index contributed by atoms with van der Waals surface area (Å²) in [5.41, 5.74) is 0. The molecule has 0 aliphatic carbocycles. The van der Waals surface area contributed by atoms with Crippen LogP contribution < -0.4 is 14.8 Å². The predicted molar refractivity (Wildman–Crippen MR) is 97.9 cm³/mol. The number of carbonyl (C=O) groups is 1. The molecule has 2 rings (SSSR count). The minimum Gasteiger partial charge on any atom is -0.490 e. The Hall–Kier alpha value is -2.21. The highest BCUT2D eigenvalue weighted by Crippen LogP contribution is 2.26. The van der Waals surface area contributed by atoms with Crippen molar-refractivity contribution in [3.8, 4) is 11.5 Å². The summed E-state index contributed by atoms with van der Waals surface area (Å²) in [6, 6.07) is 13.7. The fraction of sp³-hybridized carbons (Fsp3) is 0.316. The number of nitrogens with one attached hydrogen (secondary N) is 1. The smallest absolute Gasteiger partial charge is 0.220 e. The number of hydrogen-bond acceptors (Lipinski definition) is 4. The summed E-state index contributed by atoms with van der Waals surface area (Å²) < 4.78 is 23.9. The number of carbonyl (C=O) groups excluding carboxylic acids is 1. The van der Waals surface area contributed by atoms with Crippen LogP contribution in [0.15, 0.2) is 53.4 Å². The Labute approximate surface area is 151 Å². The maximum atomic E-state index is 12.8. The van der Waals surface area contributed by atoms with Crippen molar-refractivity contribution in [2.75, 3.05) is 25.5 Å². The van der Waals surface area contributed by atoms with Gasteiger partial charge in [-0.15, -0.1) is 11.8 Å². The molecule has 0 atom stereocenters. The first-order valence-electron chi connectivity index (χ1n) is 8.18. The van der Waals surface area contributed by atoms with Crippen LogP contribution in [0.25, 0.3) is 0 Å². The molecule has 0 aliphatic heterocycles. The van der Waals surface area contributed by atoms with Crippen molar-refractivity contribution in [1.82, 2.24) is 5.32 Å². The van der Waals surface area contributed by atoms with Crippen LogP contribution in [0, 0.1) is 5.82 Å². The van der Waals surface area contributed by atoms with Gasteiger partial charge in [0.1, 0.15) is 12.4 Å². The Balaban J connectivity index is 1.61. The fourth-order valence-electron chi connectivity index (χ4n) is 2.08. The van der Waals surface area contributed by atoms with E-state index in [1.807, 2.05) is 31.2 Å². The van der Waals surface area contributed by atoms with Gasteiger partial charge in [0.05, 0.1) is 13.2 Å². The third-order valence-electron chi connectivity index (χ3n) is 3.24. The molecule has 0 aliphatic rings. The molecular weight excluding hydrogens is 341 g/mol. The second kappa shape index (κ2) is 10.6. The highest BCUT2D eigenvalue weighted by Gasteiger charge is 2.05. The molecule has 134 valence electrons. The summed E-state index contributed by atoms with van der Waals surface area (Å²) in [4.78, 5) is 12.8. The first kappa shape index (κ1) is 19.1. The summed E-state index contributed by atoms with van der Waals surface area (Å²) in [6.07, 6.45) is 0.400. The number of halogens is 1. The quantitative estimate of drug-likeness (QED) is 0.514. The zero-order valence-corrected chi connectivity index (χ0v) is 15.0. The second-order valence-electron chi connectivity index (χ2n) is 5.13. The summed E-state index contributed by atoms with van der Waals surface area (Å²) in [5, 5.41) is 2.82. The van der Waals surface area contributed by atoms with Gasteiger partial charge >= 0.3 is 0 Å². The number of amides is 1. The molecule has 1 amide bonds. The van der Waals surface area contributed by atoms with E-state index in [1.54, 1.807) is 12.1 Å². The fourth-order valence-corrected chi connectivity index (χ4v) is 2.93. The van der Waals surface area contributed by atoms with Crippen molar-refractivity contribution in [1.29, 1.82) is 0 Å². The minimum absolute atomic E-state index is 0.0312. The summed E-state index contributed by atoms with van der Waals surface area (Å²) >= 11 is 1.53. The van der Waals surface area contributed by atoms with Crippen molar-refractivity contribution < 1.29 is 18.7 Å². The van der Waals surface area contributed by atoms with E-state index in [2.05, 4.69) is 5.32 Å². The maximum absolute atomic E-state index is 12.8. The lowest BCUT2D eigenvalue weighted by Crippen LogP contribution is -2.28. The lowest BCUT2D eigenvalue weighted by Gasteiger charge is -2.12. The Kier molecular flexibility index (Phi) is 8.12. The van der Waals surface area contributed by atoms with Gasteiger partial charge in [-0.1, -0.05) is 12.1 Å². The van der Waals surface area contributed by atoms with E-state index in [1.165, 1.54) is 23.9 Å². The van der Waals surface area contributed by atoms with E-state index in [-0.39, 0.29) is 11.7 Å². The molecule has 0 spiro atoms. The maximum Gasteiger partial charge on any atom is 0.220 e. The van der Waals surface area contributed by atoms with E-state index >= 15 is 0 Å². The molecule has 2 aromatic rings. The standard InChI is InChI=1S/C19H22FNO3S/c1-2-23-17-5-3-4-6-18(17)24-13-12-21-19(22)11-14-25-16-9-7-15(20)8-10-16/h3-10H,2,11-14H2,1H3,(H,21,22). The molecule has 0 saturated carbocycles. The number of thioether (sulfide) groups is 1. The largest absolute Gasteiger partial charge is 0.490 e. The van der Waals surface area contributed by atoms with Gasteiger partial charge in [-0.05, 0) is 43.3 Å². The molecule has 6 heteroatoms. The highest BCUT2D eigenvalue weighted by atomic mass is 32.2. The van der Waals surface area contributed by atoms with Crippen molar-refractivity contribution in [2.45, 2.75) is 18.2 Å². The van der Waals surface area contributed by atoms with Crippen LogP contribution in [0.1, 0.15) is 13.3 Å². The Bertz CT molecular complexity index is 664. The van der Waals surface area contributed by atoms with Gasteiger partial charge < -0.3 is 14.8 Å². The van der Waals surface area contributed by atoms with Gasteiger partial charge in [-0.2, -0.15) is 0 Å². The molecule has 0 aromatic heterocycles. The van der Waals surface area contributed by atoms with E-state index in [9.17, 15) is 9.18 Å². The average molecular weight is 363 g/mol. The zero-order valence-electron chi connectivity index (χ0n) is 14.2. The van der Waals surface area contributed by atoms with Crippen LogP contribution in [-0.2, 0) is 4.79 Å². The zero-order chi connectivity index (χ0) is 17.9. The molecular formula is C19H22FNO3S. The normalized spacial score (nSPS) is 10.3. The highest BCUT2D eigenvalue weighted by molar-refractivity contribution is 7.99. The van der Waals surface area contributed by atoms with Gasteiger partial charge in [0, 0.05) is 17.1 Å². The van der Waals surface area contributed by atoms with Gasteiger partial charge in [-0.25, -0.2) is 4.39 Å². The SMILES string of the molecule is CCOc1ccccc1OCCNC(=O)CCSc1ccc(F)cc1. The number of ether oxygens (including phenoxy) is 2. The molecule has 0 unspecified atom stereocenters. The molecule has 0 saturated heterocycles. The van der Waals surface area contributed by atoms with Crippen molar-refractivity contribution in [3.63, 3.8) is 0 Å². The second-order valence-corrected chi connectivity index (χ2v) is 6.30. The number of hydrogen-bond donors (Lipinski definition) is 1. The molecule has 0 bridgehead atoms. The van der Waals surface area contributed by atoms with E-state index < -0.39 is 0 Å². The van der Waals surface area contributed by atoms with Gasteiger partial charge in [-0.3, -0.25) is 4.79 Å². The predicted octanol–water partition coefficient (Wildman–Crippen LogP) is 3.90. The van der Waals surface area contributed by atoms with Gasteiger partial charge in [0.25, 0.3) is 0 Å². The molecule has 25 heavy (non-hydrogen) atoms. The van der Waals surface area contributed by atoms with Crippen LogP contribution in [-0.4, -0.2) is 31.4 Å². The number of benzene rings is 2. The van der Waals surface area contributed by atoms with Crippen molar-refractivity contribution in [3.05, 3.63) is 54.3 Å². The molecule has 0 radical (unpaired) electrons. The molecule has 0 fully saturated rings. The van der Waals surface area contributed by atoms with Crippen LogP contribution in [0.2, 0.25) is 0 Å². The van der Waals surface area contributed by atoms with Crippen LogP contribution >= 0.6 is 11.8 Å². The summed E-state index contributed by atoms with van der Waals surface area (Å²) in [6.45, 7) is 3.30. The Morgan fingerprint density at radius 3 is 2.44 bits per heavy atom. The number of rotatable bonds is 10. The van der Waals surface area contributed by atoms with Crippen LogP contribution in [0.4, 0.5) is 4.39 Å². The van der Waals surface area contributed by atoms with Crippen LogP contribution in [0.5, 0.6) is 11.5 Å². The lowest BCUT2D eigenvalue weighted by molar-refractivity contribution is -0.120. The van der Waals surface area contributed by atoms with Gasteiger partial charge in [0.2, 0.25) is 5.91 Å². The van der Waals surface area contributed by atoms with Gasteiger partial charge in [0.15, 0.2) is 11.5 Å². The first-order chi connectivity index (χ1) is 12.2. The van der Waals surface area contributed by atoms with E-state index in [4.69, 9.17) is 9.47 Å². The minimum atomic E-state index is -0.256. The lowest BCUT2D eigenvalue weighted by atomic mass is 10.3. The molecule has 2 aromatic carbocycles. The number of para-hydroxylation sites is 2. The van der Waals surface area contributed by atoms with Crippen molar-refractivity contribution in [2.24, 2.45) is 0 Å². The summed E-state index contributed by atoms with van der Waals surface area (Å²) in [5.74, 6) is 1.73. The molecule has 1 N–H and O–H groups in total. The average Bonchev–Trinajstić information content (AvgIpc) is 2.62. The van der Waals surface area contributed by atoms with E-state index in [0.29, 0.717) is 43.4 Å². The summed E-state index contributed by atoms with van der Waals surface area (Å²) in [7, 11) is 0. The topological polar surface area (TPSA) is 47.6 Å². The van der Waals surface area contributed by atoms with Crippen LogP contribution in [0.3, 0.4) is 0 Å². The monoisotopic (exact) mass is 363 g/mol. The van der Waals surface area contributed by atoms with E-state index in [0.717, 1.165) is 4.90 Å². The third-order valence-corrected chi connectivity index (χ3v) is 4.26. The molecule has 0 heterocycles. The Morgan fingerprint density at radius 1 is 1.08 bits per heavy atom.